The van der Waals surface area contributed by atoms with Crippen LogP contribution in [0.2, 0.25) is 0 Å². The van der Waals surface area contributed by atoms with Crippen molar-refractivity contribution in [2.45, 2.75) is 304 Å². The minimum absolute atomic E-state index is 0.00248. The summed E-state index contributed by atoms with van der Waals surface area (Å²) in [5.74, 6) is 20.1. The van der Waals surface area contributed by atoms with E-state index < -0.39 is 11.2 Å². The van der Waals surface area contributed by atoms with E-state index in [1.54, 1.807) is 13.8 Å². The summed E-state index contributed by atoms with van der Waals surface area (Å²) in [6.07, 6.45) is 31.4. The first-order valence-corrected chi connectivity index (χ1v) is 39.2. The minimum Gasteiger partial charge on any atom is -0.460 e. The Labute approximate surface area is 571 Å². The first-order chi connectivity index (χ1) is 44.4. The second kappa shape index (κ2) is 23.9. The van der Waals surface area contributed by atoms with Crippen molar-refractivity contribution in [1.29, 1.82) is 5.26 Å². The molecule has 20 saturated carbocycles. The number of ether oxygens (including phenoxy) is 5. The molecular formula is C82H125NO12. The summed E-state index contributed by atoms with van der Waals surface area (Å²) >= 11 is 0. The quantitative estimate of drug-likeness (QED) is 0.119. The third-order valence-corrected chi connectivity index (χ3v) is 32.8. The lowest BCUT2D eigenvalue weighted by Gasteiger charge is -2.64. The number of nitrogens with zero attached hydrogens (tertiary/aromatic N) is 1. The first-order valence-electron chi connectivity index (χ1n) is 39.2. The molecule has 0 radical (unpaired) electrons. The molecule has 13 heteroatoms. The van der Waals surface area contributed by atoms with Gasteiger partial charge in [-0.25, -0.2) is 0 Å². The van der Waals surface area contributed by atoms with E-state index in [2.05, 4.69) is 61.5 Å². The molecule has 25 atom stereocenters. The lowest BCUT2D eigenvalue weighted by Crippen LogP contribution is -2.62. The Morgan fingerprint density at radius 1 is 0.368 bits per heavy atom. The molecule has 0 spiro atoms. The molecule has 0 aromatic rings. The minimum atomic E-state index is -0.485. The van der Waals surface area contributed by atoms with Crippen molar-refractivity contribution in [2.75, 3.05) is 0 Å². The SMILES string of the molecule is CC(=O)OC(C)(C)C12CC3CC(CC(C3)C1)C2.CC(=O)OC(C)(C)C12CC3CC(CC(O)(C3)C1)C2.CC(=O)OC(C)(C)C1CC2CC1C1C3CC(C#N)C(C3)C21.CC(=O)OC(C)(C)C1CC2CC1C1C3CC(O)C(C3)C21.CC(=O)OC(C)(C)C1CC2CC1C1C3CCC(C3)C21. The maximum absolute atomic E-state index is 11.4. The fourth-order valence-corrected chi connectivity index (χ4v) is 31.3. The van der Waals surface area contributed by atoms with E-state index in [4.69, 9.17) is 23.7 Å². The molecule has 20 fully saturated rings. The number of fused-ring (bicyclic) bond motifs is 27. The highest BCUT2D eigenvalue weighted by molar-refractivity contribution is 5.68. The number of nitriles is 1. The van der Waals surface area contributed by atoms with E-state index in [0.717, 1.165) is 157 Å². The molecular weight excluding hydrogens is 1190 g/mol. The van der Waals surface area contributed by atoms with Gasteiger partial charge in [-0.3, -0.25) is 24.0 Å². The largest absolute Gasteiger partial charge is 0.460 e. The summed E-state index contributed by atoms with van der Waals surface area (Å²) in [4.78, 5) is 56.8. The maximum Gasteiger partial charge on any atom is 0.303 e. The van der Waals surface area contributed by atoms with Crippen LogP contribution in [0, 0.1) is 182 Å². The normalized spacial score (nSPS) is 48.8. The van der Waals surface area contributed by atoms with Gasteiger partial charge in [0, 0.05) is 69.1 Å². The zero-order valence-electron chi connectivity index (χ0n) is 61.3. The monoisotopic (exact) mass is 1320 g/mol. The van der Waals surface area contributed by atoms with Gasteiger partial charge in [0.25, 0.3) is 0 Å². The molecule has 0 aliphatic heterocycles. The summed E-state index contributed by atoms with van der Waals surface area (Å²) in [6, 6.07) is 2.57. The molecule has 2 N–H and O–H groups in total. The van der Waals surface area contributed by atoms with E-state index in [1.807, 2.05) is 13.8 Å². The van der Waals surface area contributed by atoms with Crippen molar-refractivity contribution in [2.24, 2.45) is 171 Å². The molecule has 0 heterocycles. The Kier molecular flexibility index (Phi) is 17.4. The number of aliphatic hydroxyl groups excluding tert-OH is 1. The molecule has 20 aliphatic carbocycles. The predicted molar refractivity (Wildman–Crippen MR) is 360 cm³/mol. The van der Waals surface area contributed by atoms with Crippen molar-refractivity contribution in [3.63, 3.8) is 0 Å². The van der Waals surface area contributed by atoms with E-state index in [0.29, 0.717) is 47.3 Å². The third kappa shape index (κ3) is 11.8. The van der Waals surface area contributed by atoms with Gasteiger partial charge in [0.15, 0.2) is 0 Å². The number of aliphatic hydroxyl groups is 2. The van der Waals surface area contributed by atoms with Crippen LogP contribution in [0.3, 0.4) is 0 Å². The number of esters is 5. The fraction of sp³-hybridized carbons (Fsp3) is 0.927. The van der Waals surface area contributed by atoms with Gasteiger partial charge < -0.3 is 33.9 Å². The topological polar surface area (TPSA) is 196 Å². The average Bonchev–Trinajstić information content (AvgIpc) is 1.70. The number of carbonyl (C=O) groups is 5. The van der Waals surface area contributed by atoms with Crippen molar-refractivity contribution in [3.8, 4) is 6.07 Å². The Morgan fingerprint density at radius 3 is 1.12 bits per heavy atom. The zero-order valence-corrected chi connectivity index (χ0v) is 61.3. The molecule has 20 rings (SSSR count). The van der Waals surface area contributed by atoms with Gasteiger partial charge in [0.05, 0.1) is 17.8 Å². The lowest BCUT2D eigenvalue weighted by molar-refractivity contribution is -0.231. The van der Waals surface area contributed by atoms with Crippen molar-refractivity contribution < 1.29 is 57.9 Å². The summed E-state index contributed by atoms with van der Waals surface area (Å²) in [5, 5.41) is 30.2. The molecule has 20 aliphatic rings. The maximum atomic E-state index is 11.4. The second-order valence-electron chi connectivity index (χ2n) is 39.9. The third-order valence-electron chi connectivity index (χ3n) is 32.8. The lowest BCUT2D eigenvalue weighted by atomic mass is 9.44. The first kappa shape index (κ1) is 68.9. The predicted octanol–water partition coefficient (Wildman–Crippen LogP) is 15.9. The number of hydrogen-bond acceptors (Lipinski definition) is 13. The molecule has 0 amide bonds. The number of hydrogen-bond donors (Lipinski definition) is 2. The second-order valence-corrected chi connectivity index (χ2v) is 39.9. The van der Waals surface area contributed by atoms with Gasteiger partial charge in [0.2, 0.25) is 0 Å². The summed E-state index contributed by atoms with van der Waals surface area (Å²) in [6.45, 7) is 28.6. The molecule has 0 aromatic carbocycles. The van der Waals surface area contributed by atoms with Crippen LogP contribution >= 0.6 is 0 Å². The Balaban J connectivity index is 0.000000103. The Morgan fingerprint density at radius 2 is 0.695 bits per heavy atom. The van der Waals surface area contributed by atoms with E-state index in [-0.39, 0.29) is 69.2 Å². The van der Waals surface area contributed by atoms with Gasteiger partial charge in [-0.05, 0) is 366 Å². The van der Waals surface area contributed by atoms with Crippen molar-refractivity contribution >= 4 is 29.8 Å². The molecule has 530 valence electrons. The van der Waals surface area contributed by atoms with E-state index in [9.17, 15) is 39.4 Å². The number of rotatable bonds is 10. The van der Waals surface area contributed by atoms with Gasteiger partial charge in [-0.1, -0.05) is 0 Å². The average molecular weight is 1320 g/mol. The highest BCUT2D eigenvalue weighted by Gasteiger charge is 2.70. The Bertz CT molecular complexity index is 2970. The fourth-order valence-electron chi connectivity index (χ4n) is 31.3. The number of carbonyl (C=O) groups excluding carboxylic acids is 5. The van der Waals surface area contributed by atoms with Crippen LogP contribution in [0.4, 0.5) is 0 Å². The molecule has 25 unspecified atom stereocenters. The van der Waals surface area contributed by atoms with Crippen LogP contribution < -0.4 is 0 Å². The smallest absolute Gasteiger partial charge is 0.303 e. The summed E-state index contributed by atoms with van der Waals surface area (Å²) in [7, 11) is 0. The standard InChI is InChI=1S/C18H25NO2.C17H26O3.C17H26O2.C15H24O3.C15H24O2/c1-9(20)21-18(2,3)15-7-11-6-14(15)17-10-4-12(8-19)13(5-10)16(11)17;1-8(18)20-17(2,3)13-6-9-4-11(13)15-10-5-12(16(9)15)14(19)7-10;1-9(18)19-17(2,3)14-8-12-7-13(14)16-11-5-4-10(6-11)15(12)16;1-10(16)18-13(2,3)14-5-11-4-12(6-14)8-15(17,7-11)9-14;1-10(16)17-14(2,3)15-7-11-4-12(8-15)6-13(5-11)9-15/h10-17H,4-7H2,1-3H3;9-16,19H,4-7H2,1-3H3;10-16H,4-8H2,1-3H3;11-12,17H,4-9H2,1-3H3;11-13H,4-9H2,1-3H3. The zero-order chi connectivity index (χ0) is 68.0. The highest BCUT2D eigenvalue weighted by atomic mass is 16.6. The van der Waals surface area contributed by atoms with Crippen molar-refractivity contribution in [3.05, 3.63) is 0 Å². The van der Waals surface area contributed by atoms with Crippen LogP contribution in [-0.2, 0) is 47.7 Å². The van der Waals surface area contributed by atoms with Gasteiger partial charge >= 0.3 is 29.8 Å². The molecule has 0 aromatic heterocycles. The molecule has 0 saturated heterocycles. The van der Waals surface area contributed by atoms with Crippen molar-refractivity contribution in [1.82, 2.24) is 0 Å². The summed E-state index contributed by atoms with van der Waals surface area (Å²) in [5.41, 5.74) is -1.83. The van der Waals surface area contributed by atoms with E-state index >= 15 is 0 Å². The van der Waals surface area contributed by atoms with Crippen LogP contribution in [0.1, 0.15) is 264 Å². The molecule has 13 nitrogen and oxygen atoms in total. The molecule has 20 bridgehead atoms. The van der Waals surface area contributed by atoms with Crippen LogP contribution in [0.25, 0.3) is 0 Å². The van der Waals surface area contributed by atoms with Crippen LogP contribution in [0.15, 0.2) is 0 Å². The van der Waals surface area contributed by atoms with Gasteiger partial charge in [-0.15, -0.1) is 0 Å². The van der Waals surface area contributed by atoms with Gasteiger partial charge in [0.1, 0.15) is 28.0 Å². The van der Waals surface area contributed by atoms with Crippen LogP contribution in [0.5, 0.6) is 0 Å². The van der Waals surface area contributed by atoms with Gasteiger partial charge in [-0.2, -0.15) is 5.26 Å². The summed E-state index contributed by atoms with van der Waals surface area (Å²) < 4.78 is 28.3. The van der Waals surface area contributed by atoms with E-state index in [1.165, 1.54) is 136 Å². The Hall–Kier alpha value is -3.24. The van der Waals surface area contributed by atoms with Crippen LogP contribution in [-0.4, -0.2) is 79.8 Å². The molecule has 95 heavy (non-hydrogen) atoms. The highest BCUT2D eigenvalue weighted by Crippen LogP contribution is 2.74.